The van der Waals surface area contributed by atoms with Crippen molar-refractivity contribution in [1.29, 1.82) is 0 Å². The summed E-state index contributed by atoms with van der Waals surface area (Å²) in [6.07, 6.45) is 0. The second-order valence-electron chi connectivity index (χ2n) is 2.31. The van der Waals surface area contributed by atoms with Crippen LogP contribution in [-0.4, -0.2) is 0 Å². The molecule has 0 N–H and O–H groups in total. The van der Waals surface area contributed by atoms with Gasteiger partial charge in [0.15, 0.2) is 0 Å². The summed E-state index contributed by atoms with van der Waals surface area (Å²) >= 11 is 0. The molecule has 0 nitrogen and oxygen atoms in total. The van der Waals surface area contributed by atoms with Crippen molar-refractivity contribution in [2.45, 2.75) is 0 Å². The predicted molar refractivity (Wildman–Crippen MR) is 133 cm³/mol. The van der Waals surface area contributed by atoms with Crippen LogP contribution in [-0.2, 0) is 0 Å². The van der Waals surface area contributed by atoms with E-state index in [0.29, 0.717) is 0 Å². The van der Waals surface area contributed by atoms with Crippen LogP contribution in [0.4, 0.5) is 0 Å². The van der Waals surface area contributed by atoms with Crippen molar-refractivity contribution in [2.75, 3.05) is 0 Å². The molecule has 0 aromatic carbocycles. The highest BCUT2D eigenvalue weighted by molar-refractivity contribution is 9.30. The van der Waals surface area contributed by atoms with Gasteiger partial charge in [0.25, 0.3) is 0 Å². The van der Waals surface area contributed by atoms with Crippen LogP contribution in [0.15, 0.2) is 0 Å². The summed E-state index contributed by atoms with van der Waals surface area (Å²) in [5.41, 5.74) is 0. The van der Waals surface area contributed by atoms with Gasteiger partial charge in [-0.05, 0) is 34.9 Å². The van der Waals surface area contributed by atoms with Crippen molar-refractivity contribution in [3.8, 4) is 0 Å². The lowest BCUT2D eigenvalue weighted by Gasteiger charge is -2.49. The van der Waals surface area contributed by atoms with E-state index in [4.69, 9.17) is 0 Å². The summed E-state index contributed by atoms with van der Waals surface area (Å²) in [5.74, 6) is 0. The van der Waals surface area contributed by atoms with Crippen molar-refractivity contribution in [3.63, 3.8) is 0 Å². The molecule has 10 unspecified atom stereocenters. The molecule has 10 atom stereocenters. The highest BCUT2D eigenvalue weighted by atomic mass is 33.4. The van der Waals surface area contributed by atoms with Gasteiger partial charge in [-0.15, -0.1) is 62.5 Å². The molecular weight excluding hydrogens is 496 g/mol. The van der Waals surface area contributed by atoms with Crippen molar-refractivity contribution in [2.24, 2.45) is 0 Å². The van der Waals surface area contributed by atoms with Crippen LogP contribution >= 0.6 is 129 Å². The van der Waals surface area contributed by atoms with Crippen LogP contribution in [0.1, 0.15) is 0 Å². The largest absolute Gasteiger partial charge is 0.519 e. The predicted octanol–water partition coefficient (Wildman–Crippen LogP) is 9.50. The molecule has 0 aliphatic rings. The lowest BCUT2D eigenvalue weighted by molar-refractivity contribution is 4.55. The molecule has 0 heterocycles. The van der Waals surface area contributed by atoms with Gasteiger partial charge in [-0.3, -0.25) is 6.99 Å². The second kappa shape index (κ2) is 12.3. The molecule has 0 amide bonds. The van der Waals surface area contributed by atoms with Crippen LogP contribution in [0.25, 0.3) is 0 Å². The molecule has 0 saturated carbocycles. The van der Waals surface area contributed by atoms with Gasteiger partial charge < -0.3 is 17.9 Å². The summed E-state index contributed by atoms with van der Waals surface area (Å²) in [6, 6.07) is 0. The monoisotopic (exact) mass is 512 g/mol. The molecule has 0 fully saturated rings. The maximum Gasteiger partial charge on any atom is -0.00792 e. The first-order valence-corrected chi connectivity index (χ1v) is 31.1. The first-order chi connectivity index (χ1) is 7.20. The third-order valence-corrected chi connectivity index (χ3v) is 93.4. The first-order valence-electron chi connectivity index (χ1n) is 3.45. The molecule has 16 heteroatoms. The quantitative estimate of drug-likeness (QED) is 0.312. The van der Waals surface area contributed by atoms with Gasteiger partial charge in [-0.1, -0.05) is 0 Å². The van der Waals surface area contributed by atoms with E-state index in [1.807, 2.05) is 0 Å². The SMILES string of the molecule is [PH-]P(P)P([PH-])P(P(P)P)P(P(P)P)P(P)P. The minimum absolute atomic E-state index is 0.0180. The third kappa shape index (κ3) is 8.65. The molecule has 0 aliphatic heterocycles. The Labute approximate surface area is 128 Å². The zero-order valence-electron chi connectivity index (χ0n) is 8.17. The van der Waals surface area contributed by atoms with Gasteiger partial charge in [0.05, 0.1) is 0 Å². The first kappa shape index (κ1) is 22.9. The molecule has 0 bridgehead atoms. The zero-order chi connectivity index (χ0) is 13.0. The van der Waals surface area contributed by atoms with Crippen LogP contribution < -0.4 is 0 Å². The highest BCUT2D eigenvalue weighted by Gasteiger charge is 2.30. The van der Waals surface area contributed by atoms with Gasteiger partial charge in [0.1, 0.15) is 0 Å². The Bertz CT molecular complexity index is 168. The fourth-order valence-electron chi connectivity index (χ4n) is 0.656. The smallest absolute Gasteiger partial charge is 0.00792 e. The van der Waals surface area contributed by atoms with Crippen molar-refractivity contribution in [1.82, 2.24) is 0 Å². The third-order valence-electron chi connectivity index (χ3n) is 1.15. The summed E-state index contributed by atoms with van der Waals surface area (Å²) in [5, 5.41) is 0. The standard InChI is InChI=1S/H16P16/c1-10(2)14(9)16(13(7)8)15(11(3)4)12(5)6/h1,9H,2-8H2/q-2. The molecule has 0 aromatic heterocycles. The average Bonchev–Trinajstić information content (AvgIpc) is 2.10. The van der Waals surface area contributed by atoms with E-state index in [9.17, 15) is 0 Å². The van der Waals surface area contributed by atoms with Crippen LogP contribution in [0.5, 0.6) is 0 Å². The second-order valence-corrected chi connectivity index (χ2v) is 62.4. The molecule has 98 valence electrons. The molecule has 16 heavy (non-hydrogen) atoms. The Morgan fingerprint density at radius 1 is 0.562 bits per heavy atom. The summed E-state index contributed by atoms with van der Waals surface area (Å²) in [7, 11) is 29.2. The average molecular weight is 512 g/mol. The van der Waals surface area contributed by atoms with Gasteiger partial charge in [0, 0.05) is 0 Å². The maximum atomic E-state index is 4.04. The number of rotatable bonds is 6. The van der Waals surface area contributed by atoms with Crippen LogP contribution in [0, 0.1) is 0 Å². The molecule has 0 radical (unpaired) electrons. The van der Waals surface area contributed by atoms with Gasteiger partial charge in [-0.25, -0.2) is 6.99 Å². The zero-order valence-corrected chi connectivity index (χ0v) is 24.5. The van der Waals surface area contributed by atoms with E-state index in [2.05, 4.69) is 80.4 Å². The van der Waals surface area contributed by atoms with Gasteiger partial charge in [-0.2, -0.15) is 0 Å². The Hall–Kier alpha value is 6.88. The molecule has 0 rings (SSSR count). The fourth-order valence-corrected chi connectivity index (χ4v) is 159. The minimum Gasteiger partial charge on any atom is -0.519 e. The van der Waals surface area contributed by atoms with E-state index in [0.717, 1.165) is 0 Å². The Kier molecular flexibility index (Phi) is 17.5. The van der Waals surface area contributed by atoms with Crippen molar-refractivity contribution < 1.29 is 0 Å². The Morgan fingerprint density at radius 3 is 1.06 bits per heavy atom. The molecule has 0 saturated heterocycles. The normalized spacial score (nSPS) is 18.6. The maximum absolute atomic E-state index is 4.04. The minimum atomic E-state index is -0.0966. The van der Waals surface area contributed by atoms with E-state index in [1.165, 1.54) is 0 Å². The van der Waals surface area contributed by atoms with Crippen LogP contribution in [0.3, 0.4) is 0 Å². The van der Waals surface area contributed by atoms with Crippen molar-refractivity contribution in [3.05, 3.63) is 0 Å². The molecule has 0 spiro atoms. The number of hydrogen-bond donors (Lipinski definition) is 0. The van der Waals surface area contributed by atoms with Gasteiger partial charge >= 0.3 is 0 Å². The van der Waals surface area contributed by atoms with Crippen LogP contribution in [0.2, 0.25) is 0 Å². The number of hydrogen-bond acceptors (Lipinski definition) is 0. The van der Waals surface area contributed by atoms with E-state index >= 15 is 0 Å². The van der Waals surface area contributed by atoms with E-state index in [-0.39, 0.29) is 48.9 Å². The lowest BCUT2D eigenvalue weighted by Crippen LogP contribution is -1.51. The van der Waals surface area contributed by atoms with E-state index in [1.54, 1.807) is 0 Å². The Morgan fingerprint density at radius 2 is 0.875 bits per heavy atom. The van der Waals surface area contributed by atoms with Crippen molar-refractivity contribution >= 4 is 129 Å². The molecule has 0 aromatic rings. The molecule has 0 aliphatic carbocycles. The van der Waals surface area contributed by atoms with Gasteiger partial charge in [0.2, 0.25) is 0 Å². The summed E-state index contributed by atoms with van der Waals surface area (Å²) in [4.78, 5) is 0. The highest BCUT2D eigenvalue weighted by Crippen LogP contribution is 3.24. The Balaban J connectivity index is 5.00. The topological polar surface area (TPSA) is 0 Å². The summed E-state index contributed by atoms with van der Waals surface area (Å²) in [6.45, 7) is 0.190. The lowest BCUT2D eigenvalue weighted by atomic mass is 28.6. The fraction of sp³-hybridized carbons (Fsp3) is 0. The van der Waals surface area contributed by atoms with E-state index < -0.39 is 0 Å². The summed E-state index contributed by atoms with van der Waals surface area (Å²) < 4.78 is 0. The molecular formula is H16P16-2.